The summed E-state index contributed by atoms with van der Waals surface area (Å²) in [7, 11) is 0. The first-order valence-corrected chi connectivity index (χ1v) is 5.77. The van der Waals surface area contributed by atoms with Gasteiger partial charge >= 0.3 is 0 Å². The molecule has 15 heavy (non-hydrogen) atoms. The molecule has 0 saturated heterocycles. The Morgan fingerprint density at radius 2 is 2.13 bits per heavy atom. The lowest BCUT2D eigenvalue weighted by Crippen LogP contribution is -2.03. The molecule has 1 rings (SSSR count). The van der Waals surface area contributed by atoms with Gasteiger partial charge < -0.3 is 10.5 Å². The molecule has 0 aliphatic rings. The Kier molecular flexibility index (Phi) is 5.51. The highest BCUT2D eigenvalue weighted by atomic mass is 35.5. The Bertz CT molecular complexity index is 302. The number of halogens is 1. The molecular weight excluding hydrogens is 210 g/mol. The van der Waals surface area contributed by atoms with E-state index in [1.807, 2.05) is 18.2 Å². The Morgan fingerprint density at radius 1 is 1.33 bits per heavy atom. The number of nitrogens with two attached hydrogens (primary N) is 1. The molecule has 0 aliphatic heterocycles. The molecule has 0 fully saturated rings. The van der Waals surface area contributed by atoms with Crippen LogP contribution in [0.4, 0.5) is 0 Å². The van der Waals surface area contributed by atoms with E-state index in [-0.39, 0.29) is 0 Å². The maximum absolute atomic E-state index is 5.89. The largest absolute Gasteiger partial charge is 0.493 e. The highest BCUT2D eigenvalue weighted by Crippen LogP contribution is 2.23. The summed E-state index contributed by atoms with van der Waals surface area (Å²) in [5.41, 5.74) is 6.62. The monoisotopic (exact) mass is 227 g/mol. The van der Waals surface area contributed by atoms with Gasteiger partial charge in [-0.3, -0.25) is 0 Å². The molecule has 0 bridgehead atoms. The second kappa shape index (κ2) is 6.70. The molecule has 3 heteroatoms. The molecule has 84 valence electrons. The minimum absolute atomic E-state index is 0.486. The fourth-order valence-electron chi connectivity index (χ4n) is 1.37. The second-order valence-corrected chi connectivity index (χ2v) is 3.95. The molecule has 0 unspecified atom stereocenters. The van der Waals surface area contributed by atoms with Crippen LogP contribution in [0.15, 0.2) is 18.2 Å². The van der Waals surface area contributed by atoms with Gasteiger partial charge in [0.25, 0.3) is 0 Å². The average molecular weight is 228 g/mol. The highest BCUT2D eigenvalue weighted by Gasteiger charge is 2.02. The topological polar surface area (TPSA) is 35.2 Å². The summed E-state index contributed by atoms with van der Waals surface area (Å²) in [6.45, 7) is 3.39. The molecule has 1 aromatic rings. The van der Waals surface area contributed by atoms with Gasteiger partial charge in [-0.15, -0.1) is 0 Å². The predicted octanol–water partition coefficient (Wildman–Crippen LogP) is 3.37. The molecule has 0 atom stereocenters. The minimum Gasteiger partial charge on any atom is -0.493 e. The summed E-state index contributed by atoms with van der Waals surface area (Å²) in [4.78, 5) is 0. The van der Waals surface area contributed by atoms with E-state index in [4.69, 9.17) is 22.1 Å². The van der Waals surface area contributed by atoms with Crippen molar-refractivity contribution in [1.82, 2.24) is 0 Å². The van der Waals surface area contributed by atoms with Gasteiger partial charge in [-0.05, 0) is 18.6 Å². The van der Waals surface area contributed by atoms with Crippen LogP contribution in [0.5, 0.6) is 5.75 Å². The SMILES string of the molecule is CCCCCOc1cc(Cl)ccc1CN. The van der Waals surface area contributed by atoms with Crippen LogP contribution in [0.25, 0.3) is 0 Å². The molecule has 0 saturated carbocycles. The number of benzene rings is 1. The second-order valence-electron chi connectivity index (χ2n) is 3.51. The van der Waals surface area contributed by atoms with Gasteiger partial charge in [-0.25, -0.2) is 0 Å². The van der Waals surface area contributed by atoms with Gasteiger partial charge in [0.05, 0.1) is 6.61 Å². The van der Waals surface area contributed by atoms with E-state index in [1.165, 1.54) is 12.8 Å². The smallest absolute Gasteiger partial charge is 0.125 e. The maximum atomic E-state index is 5.89. The lowest BCUT2D eigenvalue weighted by molar-refractivity contribution is 0.303. The molecule has 0 radical (unpaired) electrons. The minimum atomic E-state index is 0.486. The lowest BCUT2D eigenvalue weighted by atomic mass is 10.2. The van der Waals surface area contributed by atoms with E-state index >= 15 is 0 Å². The van der Waals surface area contributed by atoms with Crippen molar-refractivity contribution >= 4 is 11.6 Å². The van der Waals surface area contributed by atoms with Crippen LogP contribution < -0.4 is 10.5 Å². The van der Waals surface area contributed by atoms with Gasteiger partial charge in [-0.1, -0.05) is 37.4 Å². The summed E-state index contributed by atoms with van der Waals surface area (Å²) in [6, 6.07) is 5.58. The van der Waals surface area contributed by atoms with Crippen molar-refractivity contribution < 1.29 is 4.74 Å². The van der Waals surface area contributed by atoms with E-state index in [0.717, 1.165) is 24.3 Å². The molecule has 1 aromatic carbocycles. The third-order valence-electron chi connectivity index (χ3n) is 2.25. The summed E-state index contributed by atoms with van der Waals surface area (Å²) in [5, 5.41) is 0.692. The van der Waals surface area contributed by atoms with Crippen molar-refractivity contribution in [1.29, 1.82) is 0 Å². The summed E-state index contributed by atoms with van der Waals surface area (Å²) < 4.78 is 5.65. The van der Waals surface area contributed by atoms with Gasteiger partial charge in [-0.2, -0.15) is 0 Å². The summed E-state index contributed by atoms with van der Waals surface area (Å²) >= 11 is 5.89. The van der Waals surface area contributed by atoms with Gasteiger partial charge in [0.1, 0.15) is 5.75 Å². The quantitative estimate of drug-likeness (QED) is 0.757. The van der Waals surface area contributed by atoms with Crippen molar-refractivity contribution in [2.75, 3.05) is 6.61 Å². The van der Waals surface area contributed by atoms with E-state index in [0.29, 0.717) is 11.6 Å². The normalized spacial score (nSPS) is 10.3. The predicted molar refractivity (Wildman–Crippen MR) is 64.4 cm³/mol. The molecule has 0 aliphatic carbocycles. The van der Waals surface area contributed by atoms with Crippen molar-refractivity contribution in [2.45, 2.75) is 32.7 Å². The number of unbranched alkanes of at least 4 members (excludes halogenated alkanes) is 2. The number of ether oxygens (including phenoxy) is 1. The lowest BCUT2D eigenvalue weighted by Gasteiger charge is -2.10. The van der Waals surface area contributed by atoms with E-state index in [9.17, 15) is 0 Å². The Labute approximate surface area is 96.4 Å². The van der Waals surface area contributed by atoms with Gasteiger partial charge in [0.2, 0.25) is 0 Å². The maximum Gasteiger partial charge on any atom is 0.125 e. The van der Waals surface area contributed by atoms with Crippen LogP contribution in [-0.2, 0) is 6.54 Å². The zero-order chi connectivity index (χ0) is 11.1. The van der Waals surface area contributed by atoms with Crippen molar-refractivity contribution in [3.8, 4) is 5.75 Å². The van der Waals surface area contributed by atoms with Gasteiger partial charge in [0, 0.05) is 17.1 Å². The first-order chi connectivity index (χ1) is 7.27. The molecule has 0 aromatic heterocycles. The summed E-state index contributed by atoms with van der Waals surface area (Å²) in [5.74, 6) is 0.820. The third kappa shape index (κ3) is 4.10. The van der Waals surface area contributed by atoms with Crippen molar-refractivity contribution in [3.05, 3.63) is 28.8 Å². The Hall–Kier alpha value is -0.730. The van der Waals surface area contributed by atoms with Crippen LogP contribution >= 0.6 is 11.6 Å². The summed E-state index contributed by atoms with van der Waals surface area (Å²) in [6.07, 6.45) is 3.47. The van der Waals surface area contributed by atoms with E-state index in [1.54, 1.807) is 0 Å². The molecule has 2 nitrogen and oxygen atoms in total. The molecule has 0 spiro atoms. The Morgan fingerprint density at radius 3 is 2.80 bits per heavy atom. The molecule has 0 amide bonds. The molecule has 0 heterocycles. The number of rotatable bonds is 6. The zero-order valence-corrected chi connectivity index (χ0v) is 9.89. The Balaban J connectivity index is 2.54. The average Bonchev–Trinajstić information content (AvgIpc) is 2.25. The first kappa shape index (κ1) is 12.3. The fourth-order valence-corrected chi connectivity index (χ4v) is 1.53. The van der Waals surface area contributed by atoms with Crippen molar-refractivity contribution in [3.63, 3.8) is 0 Å². The van der Waals surface area contributed by atoms with Crippen molar-refractivity contribution in [2.24, 2.45) is 5.73 Å². The first-order valence-electron chi connectivity index (χ1n) is 5.39. The fraction of sp³-hybridized carbons (Fsp3) is 0.500. The molecular formula is C12H18ClNO. The van der Waals surface area contributed by atoms with Crippen LogP contribution in [0.2, 0.25) is 5.02 Å². The van der Waals surface area contributed by atoms with Crippen LogP contribution in [-0.4, -0.2) is 6.61 Å². The molecule has 2 N–H and O–H groups in total. The standard InChI is InChI=1S/C12H18ClNO/c1-2-3-4-7-15-12-8-11(13)6-5-10(12)9-14/h5-6,8H,2-4,7,9,14H2,1H3. The van der Waals surface area contributed by atoms with E-state index < -0.39 is 0 Å². The van der Waals surface area contributed by atoms with Crippen LogP contribution in [0.1, 0.15) is 31.7 Å². The number of hydrogen-bond donors (Lipinski definition) is 1. The highest BCUT2D eigenvalue weighted by molar-refractivity contribution is 6.30. The zero-order valence-electron chi connectivity index (χ0n) is 9.13. The van der Waals surface area contributed by atoms with E-state index in [2.05, 4.69) is 6.92 Å². The number of hydrogen-bond acceptors (Lipinski definition) is 2. The van der Waals surface area contributed by atoms with Gasteiger partial charge in [0.15, 0.2) is 0 Å². The van der Waals surface area contributed by atoms with Crippen LogP contribution in [0.3, 0.4) is 0 Å². The van der Waals surface area contributed by atoms with Crippen LogP contribution in [0, 0.1) is 0 Å². The third-order valence-corrected chi connectivity index (χ3v) is 2.49.